The standard InChI is InChI=1S/C26H28O16/c27-6-13-16(32)18(34)20(36)26(40-13)42-24-21(37)23(41-25-19(35)15(31)11(30)7-38-25)17(33)14-10(29)5-12(39-22(14)24)8-1-3-9(28)4-2-8/h1-5,11,13,15-16,18-20,25-28,30-37H,6-7H2/t11-,13-,15+,16+,18-,19-,20+,25+,26+/m1/s1. The van der Waals surface area contributed by atoms with Crippen LogP contribution in [0.5, 0.6) is 28.7 Å². The van der Waals surface area contributed by atoms with E-state index >= 15 is 0 Å². The maximum absolute atomic E-state index is 13.3. The van der Waals surface area contributed by atoms with Crippen LogP contribution < -0.4 is 14.9 Å². The van der Waals surface area contributed by atoms with E-state index in [0.717, 1.165) is 6.07 Å². The van der Waals surface area contributed by atoms with Crippen molar-refractivity contribution in [2.75, 3.05) is 13.2 Å². The van der Waals surface area contributed by atoms with Crippen molar-refractivity contribution in [3.05, 3.63) is 40.6 Å². The Kier molecular flexibility index (Phi) is 8.17. The number of hydrogen-bond acceptors (Lipinski definition) is 16. The molecule has 0 bridgehead atoms. The number of benzene rings is 2. The van der Waals surface area contributed by atoms with Crippen molar-refractivity contribution in [1.82, 2.24) is 0 Å². The average molecular weight is 596 g/mol. The third-order valence-electron chi connectivity index (χ3n) is 6.96. The molecule has 2 saturated heterocycles. The minimum atomic E-state index is -1.97. The summed E-state index contributed by atoms with van der Waals surface area (Å²) in [6.07, 6.45) is -15.8. The summed E-state index contributed by atoms with van der Waals surface area (Å²) in [7, 11) is 0. The fraction of sp³-hybridized carbons (Fsp3) is 0.423. The van der Waals surface area contributed by atoms with Gasteiger partial charge in [0.25, 0.3) is 0 Å². The van der Waals surface area contributed by atoms with Crippen LogP contribution in [0.25, 0.3) is 22.3 Å². The van der Waals surface area contributed by atoms with Crippen molar-refractivity contribution in [2.24, 2.45) is 0 Å². The van der Waals surface area contributed by atoms with Crippen molar-refractivity contribution in [3.8, 4) is 40.1 Å². The lowest BCUT2D eigenvalue weighted by Gasteiger charge is -2.39. The molecule has 1 aromatic heterocycles. The molecule has 3 heterocycles. The number of rotatable bonds is 6. The molecule has 16 heteroatoms. The number of ether oxygens (including phenoxy) is 4. The summed E-state index contributed by atoms with van der Waals surface area (Å²) in [5.74, 6) is -3.99. The van der Waals surface area contributed by atoms with E-state index in [4.69, 9.17) is 23.4 Å². The van der Waals surface area contributed by atoms with Crippen molar-refractivity contribution in [1.29, 1.82) is 0 Å². The van der Waals surface area contributed by atoms with Gasteiger partial charge in [0.05, 0.1) is 13.2 Å². The molecule has 0 amide bonds. The normalized spacial score (nSPS) is 31.6. The van der Waals surface area contributed by atoms with Crippen molar-refractivity contribution in [3.63, 3.8) is 0 Å². The predicted molar refractivity (Wildman–Crippen MR) is 136 cm³/mol. The van der Waals surface area contributed by atoms with Gasteiger partial charge in [-0.1, -0.05) is 0 Å². The van der Waals surface area contributed by atoms with Gasteiger partial charge in [-0.05, 0) is 24.3 Å². The zero-order valence-corrected chi connectivity index (χ0v) is 21.4. The number of hydrogen-bond donors (Lipinski definition) is 10. The first-order chi connectivity index (χ1) is 19.9. The van der Waals surface area contributed by atoms with E-state index in [9.17, 15) is 55.9 Å². The molecule has 0 spiro atoms. The van der Waals surface area contributed by atoms with Crippen molar-refractivity contribution in [2.45, 2.75) is 55.3 Å². The van der Waals surface area contributed by atoms with E-state index in [1.165, 1.54) is 24.3 Å². The molecule has 42 heavy (non-hydrogen) atoms. The monoisotopic (exact) mass is 596 g/mol. The number of aromatic hydroxyl groups is 3. The second kappa shape index (κ2) is 11.5. The van der Waals surface area contributed by atoms with Crippen LogP contribution in [0.3, 0.4) is 0 Å². The topological polar surface area (TPSA) is 269 Å². The molecule has 228 valence electrons. The molecule has 0 saturated carbocycles. The van der Waals surface area contributed by atoms with Gasteiger partial charge in [0.2, 0.25) is 29.8 Å². The SMILES string of the molecule is O=c1cc(-c2ccc(O)cc2)oc2c(O[C@@H]3O[C@H](CO)[C@H](O)[C@@H](O)[C@@H]3O)c(O)c(O[C@@H]3OC[C@@H](O)[C@H](O)[C@H]3O)c(O)c12. The Hall–Kier alpha value is -3.71. The molecule has 2 fully saturated rings. The third-order valence-corrected chi connectivity index (χ3v) is 6.96. The smallest absolute Gasteiger partial charge is 0.229 e. The number of phenols is 3. The summed E-state index contributed by atoms with van der Waals surface area (Å²) in [6.45, 7) is -1.32. The van der Waals surface area contributed by atoms with E-state index in [1.54, 1.807) is 0 Å². The summed E-state index contributed by atoms with van der Waals surface area (Å²) in [6, 6.07) is 6.38. The van der Waals surface area contributed by atoms with Crippen LogP contribution in [0.2, 0.25) is 0 Å². The minimum Gasteiger partial charge on any atom is -0.508 e. The summed E-state index contributed by atoms with van der Waals surface area (Å²) >= 11 is 0. The van der Waals surface area contributed by atoms with E-state index in [1.807, 2.05) is 0 Å². The Morgan fingerprint density at radius 3 is 2.10 bits per heavy atom. The summed E-state index contributed by atoms with van der Waals surface area (Å²) < 4.78 is 27.3. The molecule has 2 aromatic carbocycles. The Morgan fingerprint density at radius 2 is 1.43 bits per heavy atom. The van der Waals surface area contributed by atoms with Gasteiger partial charge in [0.15, 0.2) is 16.8 Å². The van der Waals surface area contributed by atoms with E-state index in [-0.39, 0.29) is 17.1 Å². The fourth-order valence-electron chi connectivity index (χ4n) is 4.58. The van der Waals surface area contributed by atoms with Crippen LogP contribution in [0.15, 0.2) is 39.5 Å². The molecule has 2 aliphatic heterocycles. The second-order valence-corrected chi connectivity index (χ2v) is 9.76. The first-order valence-electron chi connectivity index (χ1n) is 12.6. The quantitative estimate of drug-likeness (QED) is 0.142. The molecule has 5 rings (SSSR count). The van der Waals surface area contributed by atoms with Crippen molar-refractivity contribution >= 4 is 11.0 Å². The van der Waals surface area contributed by atoms with Gasteiger partial charge in [-0.2, -0.15) is 0 Å². The van der Waals surface area contributed by atoms with E-state index < -0.39 is 108 Å². The second-order valence-electron chi connectivity index (χ2n) is 9.76. The minimum absolute atomic E-state index is 0.0876. The third kappa shape index (κ3) is 5.19. The summed E-state index contributed by atoms with van der Waals surface area (Å²) in [5, 5.41) is 102. The van der Waals surface area contributed by atoms with Crippen molar-refractivity contribution < 1.29 is 74.4 Å². The van der Waals surface area contributed by atoms with Crippen LogP contribution >= 0.6 is 0 Å². The van der Waals surface area contributed by atoms with Crippen LogP contribution in [0.4, 0.5) is 0 Å². The Bertz CT molecular complexity index is 1490. The lowest BCUT2D eigenvalue weighted by atomic mass is 9.99. The molecular formula is C26H28O16. The summed E-state index contributed by atoms with van der Waals surface area (Å²) in [5.41, 5.74) is -1.23. The van der Waals surface area contributed by atoms with Gasteiger partial charge in [-0.25, -0.2) is 0 Å². The molecule has 10 N–H and O–H groups in total. The molecule has 2 aliphatic rings. The summed E-state index contributed by atoms with van der Waals surface area (Å²) in [4.78, 5) is 13.3. The van der Waals surface area contributed by atoms with Gasteiger partial charge in [0, 0.05) is 11.6 Å². The highest BCUT2D eigenvalue weighted by molar-refractivity contribution is 5.95. The molecule has 0 radical (unpaired) electrons. The van der Waals surface area contributed by atoms with Gasteiger partial charge >= 0.3 is 0 Å². The Morgan fingerprint density at radius 1 is 0.786 bits per heavy atom. The average Bonchev–Trinajstić information content (AvgIpc) is 2.97. The zero-order chi connectivity index (χ0) is 30.5. The Balaban J connectivity index is 1.66. The first-order valence-corrected chi connectivity index (χ1v) is 12.6. The van der Waals surface area contributed by atoms with E-state index in [2.05, 4.69) is 0 Å². The molecule has 9 atom stereocenters. The van der Waals surface area contributed by atoms with Gasteiger partial charge in [0.1, 0.15) is 59.6 Å². The largest absolute Gasteiger partial charge is 0.508 e. The highest BCUT2D eigenvalue weighted by Gasteiger charge is 2.46. The fourth-order valence-corrected chi connectivity index (χ4v) is 4.58. The molecule has 3 aromatic rings. The van der Waals surface area contributed by atoms with Gasteiger partial charge in [-0.3, -0.25) is 4.79 Å². The number of phenolic OH excluding ortho intramolecular Hbond substituents is 3. The number of aliphatic hydroxyl groups excluding tert-OH is 7. The molecule has 16 nitrogen and oxygen atoms in total. The molecule has 0 aliphatic carbocycles. The molecule has 0 unspecified atom stereocenters. The highest BCUT2D eigenvalue weighted by atomic mass is 16.7. The zero-order valence-electron chi connectivity index (χ0n) is 21.4. The highest BCUT2D eigenvalue weighted by Crippen LogP contribution is 2.51. The van der Waals surface area contributed by atoms with Crippen LogP contribution in [-0.4, -0.2) is 120 Å². The number of fused-ring (bicyclic) bond motifs is 1. The van der Waals surface area contributed by atoms with E-state index in [0.29, 0.717) is 0 Å². The maximum Gasteiger partial charge on any atom is 0.229 e. The van der Waals surface area contributed by atoms with Crippen LogP contribution in [-0.2, 0) is 9.47 Å². The lowest BCUT2D eigenvalue weighted by molar-refractivity contribution is -0.277. The number of aliphatic hydroxyl groups is 7. The first kappa shape index (κ1) is 29.8. The van der Waals surface area contributed by atoms with Crippen LogP contribution in [0, 0.1) is 0 Å². The lowest BCUT2D eigenvalue weighted by Crippen LogP contribution is -2.60. The Labute approximate surface area is 235 Å². The predicted octanol–water partition coefficient (Wildman–Crippen LogP) is -2.43. The maximum atomic E-state index is 13.3. The molecular weight excluding hydrogens is 568 g/mol. The van der Waals surface area contributed by atoms with Gasteiger partial charge < -0.3 is 74.4 Å². The van der Waals surface area contributed by atoms with Gasteiger partial charge in [-0.15, -0.1) is 0 Å². The van der Waals surface area contributed by atoms with Crippen LogP contribution in [0.1, 0.15) is 0 Å².